The highest BCUT2D eigenvalue weighted by molar-refractivity contribution is 9.11. The Labute approximate surface area is 186 Å². The Kier molecular flexibility index (Phi) is 5.93. The average Bonchev–Trinajstić information content (AvgIpc) is 2.77. The highest BCUT2D eigenvalue weighted by atomic mass is 79.9. The van der Waals surface area contributed by atoms with Gasteiger partial charge in [-0.05, 0) is 65.7 Å². The Bertz CT molecular complexity index is 1140. The summed E-state index contributed by atoms with van der Waals surface area (Å²) in [4.78, 5) is 12.8. The first-order valence-electron chi connectivity index (χ1n) is 9.03. The predicted octanol–water partition coefficient (Wildman–Crippen LogP) is 7.90. The van der Waals surface area contributed by atoms with Crippen LogP contribution in [0.15, 0.2) is 106 Å². The summed E-state index contributed by atoms with van der Waals surface area (Å²) >= 11 is 6.86. The van der Waals surface area contributed by atoms with E-state index in [0.29, 0.717) is 16.9 Å². The maximum atomic E-state index is 12.8. The average molecular weight is 508 g/mol. The molecule has 0 saturated heterocycles. The lowest BCUT2D eigenvalue weighted by molar-refractivity contribution is 0.103. The molecule has 0 fully saturated rings. The monoisotopic (exact) mass is 506 g/mol. The minimum absolute atomic E-state index is 0.0445. The smallest absolute Gasteiger partial charge is 0.194 e. The van der Waals surface area contributed by atoms with Crippen molar-refractivity contribution in [1.29, 1.82) is 0 Å². The molecule has 0 atom stereocenters. The van der Waals surface area contributed by atoms with E-state index in [0.717, 1.165) is 20.3 Å². The summed E-state index contributed by atoms with van der Waals surface area (Å²) in [6.45, 7) is 0. The lowest BCUT2D eigenvalue weighted by atomic mass is 10.0. The molecular weight excluding hydrogens is 492 g/mol. The molecule has 0 aromatic heterocycles. The highest BCUT2D eigenvalue weighted by Crippen LogP contribution is 2.28. The van der Waals surface area contributed by atoms with E-state index < -0.39 is 0 Å². The fraction of sp³-hybridized carbons (Fsp3) is 0. The molecule has 2 nitrogen and oxygen atoms in total. The van der Waals surface area contributed by atoms with Crippen LogP contribution in [0.3, 0.4) is 0 Å². The zero-order valence-corrected chi connectivity index (χ0v) is 18.5. The van der Waals surface area contributed by atoms with Crippen LogP contribution >= 0.6 is 31.9 Å². The van der Waals surface area contributed by atoms with Gasteiger partial charge in [0, 0.05) is 20.1 Å². The van der Waals surface area contributed by atoms with Crippen molar-refractivity contribution in [2.45, 2.75) is 0 Å². The van der Waals surface area contributed by atoms with Crippen molar-refractivity contribution in [3.8, 4) is 22.6 Å². The topological polar surface area (TPSA) is 26.3 Å². The van der Waals surface area contributed by atoms with Crippen molar-refractivity contribution < 1.29 is 9.53 Å². The van der Waals surface area contributed by atoms with Gasteiger partial charge in [0.2, 0.25) is 0 Å². The molecule has 4 rings (SSSR count). The number of ketones is 1. The van der Waals surface area contributed by atoms with E-state index >= 15 is 0 Å². The van der Waals surface area contributed by atoms with Crippen LogP contribution in [-0.2, 0) is 0 Å². The first-order chi connectivity index (χ1) is 14.1. The SMILES string of the molecule is O=C(c1ccc(Oc2ccc(-c3ccccc3)cc2)cc1)c1cc(Br)ccc1Br. The van der Waals surface area contributed by atoms with Crippen LogP contribution in [0.25, 0.3) is 11.1 Å². The molecule has 0 saturated carbocycles. The van der Waals surface area contributed by atoms with E-state index in [1.54, 1.807) is 12.1 Å². The van der Waals surface area contributed by atoms with Gasteiger partial charge in [0.05, 0.1) is 0 Å². The van der Waals surface area contributed by atoms with Crippen LogP contribution < -0.4 is 4.74 Å². The molecule has 4 heteroatoms. The van der Waals surface area contributed by atoms with Crippen molar-refractivity contribution in [1.82, 2.24) is 0 Å². The van der Waals surface area contributed by atoms with Gasteiger partial charge >= 0.3 is 0 Å². The van der Waals surface area contributed by atoms with Crippen LogP contribution in [0.5, 0.6) is 11.5 Å². The van der Waals surface area contributed by atoms with Crippen molar-refractivity contribution >= 4 is 37.6 Å². The third-order valence-electron chi connectivity index (χ3n) is 4.49. The highest BCUT2D eigenvalue weighted by Gasteiger charge is 2.13. The van der Waals surface area contributed by atoms with E-state index in [1.165, 1.54) is 5.56 Å². The molecule has 4 aromatic rings. The lowest BCUT2D eigenvalue weighted by Crippen LogP contribution is -2.02. The molecule has 142 valence electrons. The molecule has 0 unspecified atom stereocenters. The Balaban J connectivity index is 1.48. The molecule has 0 aliphatic heterocycles. The molecule has 4 aromatic carbocycles. The normalized spacial score (nSPS) is 10.6. The van der Waals surface area contributed by atoms with Gasteiger partial charge < -0.3 is 4.74 Å². The van der Waals surface area contributed by atoms with Gasteiger partial charge in [-0.3, -0.25) is 4.79 Å². The van der Waals surface area contributed by atoms with Crippen molar-refractivity contribution in [2.24, 2.45) is 0 Å². The van der Waals surface area contributed by atoms with E-state index in [1.807, 2.05) is 72.8 Å². The minimum Gasteiger partial charge on any atom is -0.457 e. The van der Waals surface area contributed by atoms with Crippen LogP contribution in [-0.4, -0.2) is 5.78 Å². The number of carbonyl (C=O) groups excluding carboxylic acids is 1. The number of halogens is 2. The van der Waals surface area contributed by atoms with Crippen LogP contribution in [0.4, 0.5) is 0 Å². The summed E-state index contributed by atoms with van der Waals surface area (Å²) < 4.78 is 7.56. The molecule has 0 amide bonds. The fourth-order valence-electron chi connectivity index (χ4n) is 2.98. The Hall–Kier alpha value is -2.69. The standard InChI is InChI=1S/C25H16Br2O2/c26-20-10-15-24(27)23(16-20)25(28)19-8-13-22(14-9-19)29-21-11-6-18(7-12-21)17-4-2-1-3-5-17/h1-16H. The molecule has 0 aliphatic rings. The first-order valence-corrected chi connectivity index (χ1v) is 10.6. The van der Waals surface area contributed by atoms with E-state index in [9.17, 15) is 4.79 Å². The zero-order chi connectivity index (χ0) is 20.2. The first kappa shape index (κ1) is 19.6. The van der Waals surface area contributed by atoms with Gasteiger partial charge in [0.1, 0.15) is 11.5 Å². The Morgan fingerprint density at radius 3 is 1.90 bits per heavy atom. The summed E-state index contributed by atoms with van der Waals surface area (Å²) in [7, 11) is 0. The second-order valence-corrected chi connectivity index (χ2v) is 8.24. The van der Waals surface area contributed by atoms with Gasteiger partial charge in [-0.15, -0.1) is 0 Å². The van der Waals surface area contributed by atoms with Crippen molar-refractivity contribution in [2.75, 3.05) is 0 Å². The molecule has 0 radical (unpaired) electrons. The molecule has 0 spiro atoms. The fourth-order valence-corrected chi connectivity index (χ4v) is 3.77. The number of ether oxygens (including phenoxy) is 1. The number of rotatable bonds is 5. The minimum atomic E-state index is -0.0445. The molecule has 0 heterocycles. The van der Waals surface area contributed by atoms with E-state index in [2.05, 4.69) is 44.0 Å². The van der Waals surface area contributed by atoms with Gasteiger partial charge in [-0.1, -0.05) is 74.3 Å². The quantitative estimate of drug-likeness (QED) is 0.256. The van der Waals surface area contributed by atoms with Gasteiger partial charge in [0.25, 0.3) is 0 Å². The van der Waals surface area contributed by atoms with E-state index in [4.69, 9.17) is 4.74 Å². The summed E-state index contributed by atoms with van der Waals surface area (Å²) in [6.07, 6.45) is 0. The van der Waals surface area contributed by atoms with Crippen LogP contribution in [0.1, 0.15) is 15.9 Å². The van der Waals surface area contributed by atoms with E-state index in [-0.39, 0.29) is 5.78 Å². The molecule has 29 heavy (non-hydrogen) atoms. The zero-order valence-electron chi connectivity index (χ0n) is 15.3. The second-order valence-electron chi connectivity index (χ2n) is 6.47. The second kappa shape index (κ2) is 8.76. The maximum Gasteiger partial charge on any atom is 0.194 e. The van der Waals surface area contributed by atoms with Gasteiger partial charge in [-0.25, -0.2) is 0 Å². The largest absolute Gasteiger partial charge is 0.457 e. The summed E-state index contributed by atoms with van der Waals surface area (Å²) in [5, 5.41) is 0. The predicted molar refractivity (Wildman–Crippen MR) is 124 cm³/mol. The van der Waals surface area contributed by atoms with Gasteiger partial charge in [0.15, 0.2) is 5.78 Å². The number of hydrogen-bond donors (Lipinski definition) is 0. The van der Waals surface area contributed by atoms with Crippen molar-refractivity contribution in [3.05, 3.63) is 117 Å². The third kappa shape index (κ3) is 4.66. The Morgan fingerprint density at radius 1 is 0.655 bits per heavy atom. The molecule has 0 N–H and O–H groups in total. The molecule has 0 bridgehead atoms. The van der Waals surface area contributed by atoms with Crippen LogP contribution in [0, 0.1) is 0 Å². The third-order valence-corrected chi connectivity index (χ3v) is 5.67. The molecular formula is C25H16Br2O2. The van der Waals surface area contributed by atoms with Crippen molar-refractivity contribution in [3.63, 3.8) is 0 Å². The molecule has 0 aliphatic carbocycles. The summed E-state index contributed by atoms with van der Waals surface area (Å²) in [5.41, 5.74) is 3.53. The lowest BCUT2D eigenvalue weighted by Gasteiger charge is -2.09. The Morgan fingerprint density at radius 2 is 1.24 bits per heavy atom. The summed E-state index contributed by atoms with van der Waals surface area (Å²) in [6, 6.07) is 30.9. The number of benzene rings is 4. The van der Waals surface area contributed by atoms with Crippen LogP contribution in [0.2, 0.25) is 0 Å². The summed E-state index contributed by atoms with van der Waals surface area (Å²) in [5.74, 6) is 1.39. The van der Waals surface area contributed by atoms with Gasteiger partial charge in [-0.2, -0.15) is 0 Å². The maximum absolute atomic E-state index is 12.8. The number of hydrogen-bond acceptors (Lipinski definition) is 2. The number of carbonyl (C=O) groups is 1.